The minimum absolute atomic E-state index is 0.357. The maximum Gasteiger partial charge on any atom is 0.320 e. The first kappa shape index (κ1) is 13.0. The van der Waals surface area contributed by atoms with Crippen molar-refractivity contribution in [2.75, 3.05) is 7.05 Å². The Balaban J connectivity index is 0. The molecule has 11 heavy (non-hydrogen) atoms. The molecule has 0 aliphatic carbocycles. The predicted molar refractivity (Wildman–Crippen MR) is 45.2 cm³/mol. The van der Waals surface area contributed by atoms with Crippen LogP contribution in [0.5, 0.6) is 0 Å². The highest BCUT2D eigenvalue weighted by Gasteiger charge is 2.11. The van der Waals surface area contributed by atoms with Gasteiger partial charge in [-0.3, -0.25) is 4.79 Å². The number of aliphatic carboxylic acids is 1. The van der Waals surface area contributed by atoms with Gasteiger partial charge in [-0.25, -0.2) is 0 Å². The van der Waals surface area contributed by atoms with Crippen LogP contribution in [0.3, 0.4) is 0 Å². The van der Waals surface area contributed by atoms with E-state index in [2.05, 4.69) is 5.73 Å². The zero-order valence-electron chi connectivity index (χ0n) is 7.37. The predicted octanol–water partition coefficient (Wildman–Crippen LogP) is 0.0193. The molecular weight excluding hydrogens is 144 g/mol. The maximum atomic E-state index is 10.1. The second-order valence-electron chi connectivity index (χ2n) is 2.57. The first-order valence-corrected chi connectivity index (χ1v) is 3.60. The molecule has 0 aliphatic heterocycles. The highest BCUT2D eigenvalue weighted by Crippen LogP contribution is 2.01. The van der Waals surface area contributed by atoms with E-state index in [4.69, 9.17) is 10.8 Å². The maximum absolute atomic E-state index is 10.1. The molecule has 0 fully saturated rings. The lowest BCUT2D eigenvalue weighted by atomic mass is 10.1. The molecule has 0 aromatic heterocycles. The number of nitrogens with two attached hydrogens (primary N) is 2. The van der Waals surface area contributed by atoms with Crippen molar-refractivity contribution in [2.45, 2.75) is 26.3 Å². The van der Waals surface area contributed by atoms with Gasteiger partial charge in [0.25, 0.3) is 0 Å². The van der Waals surface area contributed by atoms with Crippen LogP contribution >= 0.6 is 0 Å². The van der Waals surface area contributed by atoms with Crippen molar-refractivity contribution in [1.29, 1.82) is 0 Å². The van der Waals surface area contributed by atoms with Gasteiger partial charge in [-0.15, -0.1) is 0 Å². The first-order valence-electron chi connectivity index (χ1n) is 3.60. The third kappa shape index (κ3) is 9.39. The van der Waals surface area contributed by atoms with Crippen LogP contribution in [0.15, 0.2) is 0 Å². The molecule has 0 bridgehead atoms. The van der Waals surface area contributed by atoms with Crippen molar-refractivity contribution in [3.63, 3.8) is 0 Å². The van der Waals surface area contributed by atoms with E-state index in [9.17, 15) is 4.79 Å². The van der Waals surface area contributed by atoms with Crippen molar-refractivity contribution >= 4 is 5.97 Å². The van der Waals surface area contributed by atoms with Crippen LogP contribution in [0.4, 0.5) is 0 Å². The summed E-state index contributed by atoms with van der Waals surface area (Å²) in [4.78, 5) is 10.1. The number of carbonyl (C=O) groups is 1. The Morgan fingerprint density at radius 1 is 1.45 bits per heavy atom. The molecule has 0 rings (SSSR count). The Bertz CT molecular complexity index is 105. The molecule has 0 heterocycles. The molecular formula is C7H18N2O2. The van der Waals surface area contributed by atoms with Gasteiger partial charge >= 0.3 is 5.97 Å². The van der Waals surface area contributed by atoms with Gasteiger partial charge < -0.3 is 16.6 Å². The van der Waals surface area contributed by atoms with Crippen LogP contribution in [0.1, 0.15) is 20.3 Å². The Morgan fingerprint density at radius 3 is 1.91 bits per heavy atom. The fraction of sp³-hybridized carbons (Fsp3) is 0.857. The van der Waals surface area contributed by atoms with Crippen molar-refractivity contribution in [3.8, 4) is 0 Å². The lowest BCUT2D eigenvalue weighted by Gasteiger charge is -2.07. The SMILES string of the molecule is CC(C)CC(N)C(=O)O.CN. The Hall–Kier alpha value is -0.610. The van der Waals surface area contributed by atoms with Gasteiger partial charge in [0, 0.05) is 0 Å². The summed E-state index contributed by atoms with van der Waals surface area (Å²) < 4.78 is 0. The summed E-state index contributed by atoms with van der Waals surface area (Å²) in [7, 11) is 1.50. The summed E-state index contributed by atoms with van der Waals surface area (Å²) in [5.41, 5.74) is 9.72. The topological polar surface area (TPSA) is 89.3 Å². The molecule has 4 heteroatoms. The van der Waals surface area contributed by atoms with Crippen LogP contribution in [0, 0.1) is 5.92 Å². The fourth-order valence-electron chi connectivity index (χ4n) is 0.609. The highest BCUT2D eigenvalue weighted by molar-refractivity contribution is 5.72. The van der Waals surface area contributed by atoms with Crippen LogP contribution in [-0.2, 0) is 4.79 Å². The third-order valence-corrected chi connectivity index (χ3v) is 1.04. The zero-order chi connectivity index (χ0) is 9.44. The minimum atomic E-state index is -0.913. The normalized spacial score (nSPS) is 11.8. The van der Waals surface area contributed by atoms with Gasteiger partial charge in [0.1, 0.15) is 6.04 Å². The number of carboxylic acid groups (broad SMARTS) is 1. The smallest absolute Gasteiger partial charge is 0.320 e. The monoisotopic (exact) mass is 162 g/mol. The quantitative estimate of drug-likeness (QED) is 0.545. The van der Waals surface area contributed by atoms with Crippen LogP contribution < -0.4 is 11.5 Å². The average molecular weight is 162 g/mol. The summed E-state index contributed by atoms with van der Waals surface area (Å²) in [6, 6.07) is -0.690. The molecule has 0 saturated carbocycles. The molecule has 5 N–H and O–H groups in total. The lowest BCUT2D eigenvalue weighted by molar-refractivity contribution is -0.138. The molecule has 0 aliphatic rings. The number of hydrogen-bond acceptors (Lipinski definition) is 3. The van der Waals surface area contributed by atoms with Gasteiger partial charge in [0.05, 0.1) is 0 Å². The van der Waals surface area contributed by atoms with Gasteiger partial charge in [-0.05, 0) is 19.4 Å². The Kier molecular flexibility index (Phi) is 8.87. The van der Waals surface area contributed by atoms with Gasteiger partial charge in [-0.2, -0.15) is 0 Å². The molecule has 1 atom stereocenters. The minimum Gasteiger partial charge on any atom is -0.480 e. The number of rotatable bonds is 3. The van der Waals surface area contributed by atoms with Crippen molar-refractivity contribution in [3.05, 3.63) is 0 Å². The summed E-state index contributed by atoms with van der Waals surface area (Å²) in [5, 5.41) is 8.31. The number of carboxylic acids is 1. The molecule has 0 amide bonds. The van der Waals surface area contributed by atoms with E-state index in [-0.39, 0.29) is 0 Å². The Morgan fingerprint density at radius 2 is 1.82 bits per heavy atom. The second kappa shape index (κ2) is 7.50. The molecule has 1 unspecified atom stereocenters. The highest BCUT2D eigenvalue weighted by atomic mass is 16.4. The number of hydrogen-bond donors (Lipinski definition) is 3. The molecule has 0 aromatic rings. The summed E-state index contributed by atoms with van der Waals surface area (Å²) >= 11 is 0. The first-order chi connectivity index (χ1) is 5.04. The molecule has 4 nitrogen and oxygen atoms in total. The van der Waals surface area contributed by atoms with Crippen LogP contribution in [-0.4, -0.2) is 24.2 Å². The van der Waals surface area contributed by atoms with Gasteiger partial charge in [0.15, 0.2) is 0 Å². The summed E-state index contributed by atoms with van der Waals surface area (Å²) in [6.07, 6.45) is 0.551. The molecule has 0 radical (unpaired) electrons. The molecule has 0 aromatic carbocycles. The van der Waals surface area contributed by atoms with Crippen LogP contribution in [0.2, 0.25) is 0 Å². The van der Waals surface area contributed by atoms with E-state index in [1.54, 1.807) is 0 Å². The summed E-state index contributed by atoms with van der Waals surface area (Å²) in [6.45, 7) is 3.89. The van der Waals surface area contributed by atoms with E-state index in [1.165, 1.54) is 7.05 Å². The molecule has 0 spiro atoms. The van der Waals surface area contributed by atoms with E-state index >= 15 is 0 Å². The van der Waals surface area contributed by atoms with Crippen LogP contribution in [0.25, 0.3) is 0 Å². The van der Waals surface area contributed by atoms with Gasteiger partial charge in [-0.1, -0.05) is 13.8 Å². The average Bonchev–Trinajstić information content (AvgIpc) is 1.90. The zero-order valence-corrected chi connectivity index (χ0v) is 7.37. The van der Waals surface area contributed by atoms with E-state index < -0.39 is 12.0 Å². The van der Waals surface area contributed by atoms with E-state index in [0.29, 0.717) is 12.3 Å². The van der Waals surface area contributed by atoms with Crippen molar-refractivity contribution in [1.82, 2.24) is 0 Å². The third-order valence-electron chi connectivity index (χ3n) is 1.04. The lowest BCUT2D eigenvalue weighted by Crippen LogP contribution is -2.31. The standard InChI is InChI=1S/C6H13NO2.CH5N/c1-4(2)3-5(7)6(8)9;1-2/h4-5H,3,7H2,1-2H3,(H,8,9);2H2,1H3. The second-order valence-corrected chi connectivity index (χ2v) is 2.57. The molecule has 0 saturated heterocycles. The van der Waals surface area contributed by atoms with Crippen molar-refractivity contribution < 1.29 is 9.90 Å². The van der Waals surface area contributed by atoms with E-state index in [1.807, 2.05) is 13.8 Å². The summed E-state index contributed by atoms with van der Waals surface area (Å²) in [5.74, 6) is -0.556. The molecule has 68 valence electrons. The largest absolute Gasteiger partial charge is 0.480 e. The van der Waals surface area contributed by atoms with E-state index in [0.717, 1.165) is 0 Å². The van der Waals surface area contributed by atoms with Gasteiger partial charge in [0.2, 0.25) is 0 Å². The van der Waals surface area contributed by atoms with Crippen molar-refractivity contribution in [2.24, 2.45) is 17.4 Å². The fourth-order valence-corrected chi connectivity index (χ4v) is 0.609. The Labute approximate surface area is 67.6 Å².